The van der Waals surface area contributed by atoms with Crippen molar-refractivity contribution in [3.05, 3.63) is 200 Å². The fraction of sp³-hybridized carbons (Fsp3) is 0. The van der Waals surface area contributed by atoms with E-state index in [1.807, 2.05) is 29.5 Å². The fourth-order valence-electron chi connectivity index (χ4n) is 8.84. The first-order valence-corrected chi connectivity index (χ1v) is 20.7. The molecule has 4 heteroatoms. The van der Waals surface area contributed by atoms with E-state index in [0.717, 1.165) is 44.7 Å². The number of aromatic nitrogens is 3. The molecule has 0 saturated heterocycles. The van der Waals surface area contributed by atoms with Gasteiger partial charge in [0.1, 0.15) is 0 Å². The molecular formula is C55H33N3S. The van der Waals surface area contributed by atoms with Crippen molar-refractivity contribution < 1.29 is 0 Å². The molecule has 0 fully saturated rings. The maximum atomic E-state index is 5.32. The van der Waals surface area contributed by atoms with E-state index in [1.165, 1.54) is 69.2 Å². The van der Waals surface area contributed by atoms with E-state index in [9.17, 15) is 0 Å². The Balaban J connectivity index is 1.03. The normalized spacial score (nSPS) is 11.7. The van der Waals surface area contributed by atoms with Crippen molar-refractivity contribution in [3.63, 3.8) is 0 Å². The summed E-state index contributed by atoms with van der Waals surface area (Å²) in [6.07, 6.45) is 0. The van der Waals surface area contributed by atoms with Gasteiger partial charge in [-0.15, -0.1) is 11.3 Å². The largest absolute Gasteiger partial charge is 0.246 e. The third kappa shape index (κ3) is 5.60. The maximum Gasteiger partial charge on any atom is 0.160 e. The Morgan fingerprint density at radius 2 is 0.983 bits per heavy atom. The zero-order chi connectivity index (χ0) is 38.9. The van der Waals surface area contributed by atoms with Crippen molar-refractivity contribution in [1.82, 2.24) is 15.0 Å². The van der Waals surface area contributed by atoms with Crippen LogP contribution in [0, 0.1) is 0 Å². The highest BCUT2D eigenvalue weighted by Crippen LogP contribution is 2.45. The first-order chi connectivity index (χ1) is 29.2. The predicted octanol–water partition coefficient (Wildman–Crippen LogP) is 15.2. The molecule has 0 saturated carbocycles. The summed E-state index contributed by atoms with van der Waals surface area (Å²) in [6, 6.07) is 71.4. The van der Waals surface area contributed by atoms with E-state index in [1.54, 1.807) is 0 Å². The summed E-state index contributed by atoms with van der Waals surface area (Å²) in [7, 11) is 0. The molecule has 0 radical (unpaired) electrons. The van der Waals surface area contributed by atoms with Crippen LogP contribution in [0.1, 0.15) is 0 Å². The Hall–Kier alpha value is -7.53. The second-order valence-corrected chi connectivity index (χ2v) is 16.2. The highest BCUT2D eigenvalue weighted by Gasteiger charge is 2.19. The van der Waals surface area contributed by atoms with E-state index in [4.69, 9.17) is 15.0 Å². The maximum absolute atomic E-state index is 5.32. The van der Waals surface area contributed by atoms with E-state index >= 15 is 0 Å². The molecule has 0 bridgehead atoms. The van der Waals surface area contributed by atoms with Crippen LogP contribution in [0.3, 0.4) is 0 Å². The number of rotatable bonds is 5. The average molecular weight is 768 g/mol. The van der Waals surface area contributed by atoms with Crippen LogP contribution in [0.15, 0.2) is 200 Å². The molecule has 0 aliphatic heterocycles. The first kappa shape index (κ1) is 33.6. The second kappa shape index (κ2) is 13.6. The van der Waals surface area contributed by atoms with Crippen molar-refractivity contribution in [3.8, 4) is 56.2 Å². The lowest BCUT2D eigenvalue weighted by Gasteiger charge is -2.14. The van der Waals surface area contributed by atoms with Crippen LogP contribution in [-0.2, 0) is 0 Å². The minimum absolute atomic E-state index is 0.695. The van der Waals surface area contributed by atoms with Crippen LogP contribution in [0.25, 0.3) is 120 Å². The quantitative estimate of drug-likeness (QED) is 0.164. The minimum Gasteiger partial charge on any atom is -0.246 e. The number of fused-ring (bicyclic) bond motifs is 9. The number of pyridine rings is 1. The van der Waals surface area contributed by atoms with E-state index in [0.29, 0.717) is 5.82 Å². The van der Waals surface area contributed by atoms with Crippen LogP contribution in [0.5, 0.6) is 0 Å². The summed E-state index contributed by atoms with van der Waals surface area (Å²) in [5.41, 5.74) is 11.6. The molecule has 0 spiro atoms. The Morgan fingerprint density at radius 3 is 1.81 bits per heavy atom. The van der Waals surface area contributed by atoms with Gasteiger partial charge in [0.05, 0.1) is 27.1 Å². The Labute approximate surface area is 344 Å². The Bertz CT molecular complexity index is 3610. The summed E-state index contributed by atoms with van der Waals surface area (Å²) < 4.78 is 2.43. The molecular weight excluding hydrogens is 735 g/mol. The van der Waals surface area contributed by atoms with Crippen molar-refractivity contribution >= 4 is 74.9 Å². The summed E-state index contributed by atoms with van der Waals surface area (Å²) in [6.45, 7) is 0. The molecule has 0 aliphatic rings. The van der Waals surface area contributed by atoms with Gasteiger partial charge in [-0.1, -0.05) is 170 Å². The molecule has 0 atom stereocenters. The van der Waals surface area contributed by atoms with Crippen LogP contribution in [0.2, 0.25) is 0 Å². The third-order valence-electron chi connectivity index (χ3n) is 11.7. The number of hydrogen-bond donors (Lipinski definition) is 0. The van der Waals surface area contributed by atoms with Crippen molar-refractivity contribution in [1.29, 1.82) is 0 Å². The van der Waals surface area contributed by atoms with Crippen LogP contribution in [0.4, 0.5) is 0 Å². The van der Waals surface area contributed by atoms with Gasteiger partial charge in [-0.05, 0) is 79.3 Å². The molecule has 12 aromatic rings. The molecule has 9 aromatic carbocycles. The lowest BCUT2D eigenvalue weighted by atomic mass is 9.92. The number of thiophene rings is 1. The number of benzene rings is 9. The van der Waals surface area contributed by atoms with Crippen LogP contribution >= 0.6 is 11.3 Å². The van der Waals surface area contributed by atoms with Crippen molar-refractivity contribution in [2.24, 2.45) is 0 Å². The zero-order valence-corrected chi connectivity index (χ0v) is 32.6. The first-order valence-electron chi connectivity index (χ1n) is 19.9. The number of nitrogens with zero attached hydrogens (tertiary/aromatic N) is 3. The molecule has 59 heavy (non-hydrogen) atoms. The van der Waals surface area contributed by atoms with Gasteiger partial charge in [0, 0.05) is 37.7 Å². The molecule has 3 aromatic heterocycles. The fourth-order valence-corrected chi connectivity index (χ4v) is 10.1. The topological polar surface area (TPSA) is 38.7 Å². The molecule has 3 heterocycles. The summed E-state index contributed by atoms with van der Waals surface area (Å²) in [4.78, 5) is 15.8. The zero-order valence-electron chi connectivity index (χ0n) is 31.8. The average Bonchev–Trinajstić information content (AvgIpc) is 3.69. The SMILES string of the molecule is c1ccc(-c2nc(-c3ccc(-c4cc5ccccc5c5ccccc45)cc3)cc(-c3cccc(-c4c5sc6ccccc6c5nc5ccc6ccccc6c45)c3)n2)cc1. The Morgan fingerprint density at radius 1 is 0.356 bits per heavy atom. The van der Waals surface area contributed by atoms with Gasteiger partial charge < -0.3 is 0 Å². The summed E-state index contributed by atoms with van der Waals surface area (Å²) in [5, 5.41) is 9.79. The summed E-state index contributed by atoms with van der Waals surface area (Å²) >= 11 is 1.82. The number of hydrogen-bond acceptors (Lipinski definition) is 4. The third-order valence-corrected chi connectivity index (χ3v) is 12.8. The molecule has 274 valence electrons. The van der Waals surface area contributed by atoms with E-state index in [2.05, 4.69) is 182 Å². The monoisotopic (exact) mass is 767 g/mol. The standard InChI is InChI=1S/C55H33N3S/c1-2-14-37(15-3-1)55-57-48(36-27-25-35(26-28-36)46-32-38-16-5-6-19-41(38)43-21-8-9-22-44(43)46)33-49(58-55)39-17-12-18-40(31-39)51-52-42-20-7-4-13-34(42)29-30-47(52)56-53-45-23-10-11-24-50(45)59-54(51)53/h1-33H. The van der Waals surface area contributed by atoms with Crippen molar-refractivity contribution in [2.45, 2.75) is 0 Å². The highest BCUT2D eigenvalue weighted by molar-refractivity contribution is 7.26. The molecule has 0 amide bonds. The van der Waals surface area contributed by atoms with Gasteiger partial charge in [0.15, 0.2) is 5.82 Å². The molecule has 0 unspecified atom stereocenters. The Kier molecular flexibility index (Phi) is 7.72. The molecule has 0 N–H and O–H groups in total. The highest BCUT2D eigenvalue weighted by atomic mass is 32.1. The van der Waals surface area contributed by atoms with Crippen LogP contribution < -0.4 is 0 Å². The molecule has 0 aliphatic carbocycles. The van der Waals surface area contributed by atoms with Crippen LogP contribution in [-0.4, -0.2) is 15.0 Å². The van der Waals surface area contributed by atoms with Gasteiger partial charge >= 0.3 is 0 Å². The van der Waals surface area contributed by atoms with E-state index < -0.39 is 0 Å². The van der Waals surface area contributed by atoms with Gasteiger partial charge in [-0.25, -0.2) is 15.0 Å². The lowest BCUT2D eigenvalue weighted by molar-refractivity contribution is 1.18. The predicted molar refractivity (Wildman–Crippen MR) is 250 cm³/mol. The minimum atomic E-state index is 0.695. The van der Waals surface area contributed by atoms with Gasteiger partial charge in [0.2, 0.25) is 0 Å². The van der Waals surface area contributed by atoms with Gasteiger partial charge in [-0.2, -0.15) is 0 Å². The summed E-state index contributed by atoms with van der Waals surface area (Å²) in [5.74, 6) is 0.695. The van der Waals surface area contributed by atoms with Gasteiger partial charge in [0.25, 0.3) is 0 Å². The molecule has 3 nitrogen and oxygen atoms in total. The lowest BCUT2D eigenvalue weighted by Crippen LogP contribution is -1.96. The van der Waals surface area contributed by atoms with Gasteiger partial charge in [-0.3, -0.25) is 0 Å². The van der Waals surface area contributed by atoms with Crippen molar-refractivity contribution in [2.75, 3.05) is 0 Å². The second-order valence-electron chi connectivity index (χ2n) is 15.1. The molecule has 12 rings (SSSR count). The van der Waals surface area contributed by atoms with E-state index in [-0.39, 0.29) is 0 Å². The smallest absolute Gasteiger partial charge is 0.160 e.